The smallest absolute Gasteiger partial charge is 0.338 e. The maximum atomic E-state index is 13.5. The summed E-state index contributed by atoms with van der Waals surface area (Å²) in [7, 11) is 0. The van der Waals surface area contributed by atoms with Crippen molar-refractivity contribution in [3.63, 3.8) is 0 Å². The fourth-order valence-electron chi connectivity index (χ4n) is 1.62. The van der Waals surface area contributed by atoms with Crippen LogP contribution in [-0.4, -0.2) is 23.6 Å². The van der Waals surface area contributed by atoms with Crippen molar-refractivity contribution in [1.82, 2.24) is 0 Å². The first-order valence-corrected chi connectivity index (χ1v) is 6.96. The van der Waals surface area contributed by atoms with Crippen molar-refractivity contribution < 1.29 is 23.8 Å². The molecular formula is C15H11BrFNO4. The number of rotatable bonds is 4. The number of hydrogen-bond acceptors (Lipinski definition) is 4. The molecule has 5 nitrogen and oxygen atoms in total. The first-order chi connectivity index (χ1) is 10.5. The van der Waals surface area contributed by atoms with Crippen molar-refractivity contribution in [2.24, 2.45) is 0 Å². The van der Waals surface area contributed by atoms with Gasteiger partial charge in [-0.05, 0) is 36.4 Å². The highest BCUT2D eigenvalue weighted by Crippen LogP contribution is 2.19. The lowest BCUT2D eigenvalue weighted by Crippen LogP contribution is -2.21. The Kier molecular flexibility index (Phi) is 5.11. The molecular weight excluding hydrogens is 357 g/mol. The molecule has 2 aromatic carbocycles. The molecule has 0 aliphatic carbocycles. The Hall–Kier alpha value is -2.41. The molecule has 2 aromatic rings. The Morgan fingerprint density at radius 3 is 2.68 bits per heavy atom. The van der Waals surface area contributed by atoms with Gasteiger partial charge in [0.25, 0.3) is 5.91 Å². The lowest BCUT2D eigenvalue weighted by molar-refractivity contribution is -0.119. The SMILES string of the molecule is O=C(COC(=O)c1cccc(O)c1)Nc1ccc(Br)cc1F. The molecule has 0 spiro atoms. The van der Waals surface area contributed by atoms with E-state index >= 15 is 0 Å². The molecule has 2 N–H and O–H groups in total. The lowest BCUT2D eigenvalue weighted by atomic mass is 10.2. The van der Waals surface area contributed by atoms with Gasteiger partial charge < -0.3 is 15.2 Å². The molecule has 22 heavy (non-hydrogen) atoms. The number of carbonyl (C=O) groups is 2. The molecule has 0 unspecified atom stereocenters. The first kappa shape index (κ1) is 16.0. The van der Waals surface area contributed by atoms with Gasteiger partial charge in [-0.15, -0.1) is 0 Å². The summed E-state index contributed by atoms with van der Waals surface area (Å²) < 4.78 is 18.9. The van der Waals surface area contributed by atoms with Gasteiger partial charge in [-0.25, -0.2) is 9.18 Å². The van der Waals surface area contributed by atoms with E-state index in [0.29, 0.717) is 4.47 Å². The number of phenols is 1. The number of hydrogen-bond donors (Lipinski definition) is 2. The van der Waals surface area contributed by atoms with E-state index in [1.54, 1.807) is 6.07 Å². The van der Waals surface area contributed by atoms with Gasteiger partial charge in [-0.3, -0.25) is 4.79 Å². The van der Waals surface area contributed by atoms with E-state index in [-0.39, 0.29) is 17.0 Å². The summed E-state index contributed by atoms with van der Waals surface area (Å²) in [6.45, 7) is -0.565. The number of phenolic OH excluding ortho intramolecular Hbond substituents is 1. The van der Waals surface area contributed by atoms with Gasteiger partial charge in [0.2, 0.25) is 0 Å². The molecule has 1 amide bonds. The zero-order valence-corrected chi connectivity index (χ0v) is 12.8. The summed E-state index contributed by atoms with van der Waals surface area (Å²) >= 11 is 3.10. The van der Waals surface area contributed by atoms with Gasteiger partial charge in [0.05, 0.1) is 11.3 Å². The van der Waals surface area contributed by atoms with Crippen LogP contribution < -0.4 is 5.32 Å². The summed E-state index contributed by atoms with van der Waals surface area (Å²) in [6.07, 6.45) is 0. The van der Waals surface area contributed by atoms with Gasteiger partial charge in [0.15, 0.2) is 6.61 Å². The molecule has 0 atom stereocenters. The molecule has 0 heterocycles. The first-order valence-electron chi connectivity index (χ1n) is 6.17. The average molecular weight is 368 g/mol. The number of ether oxygens (including phenoxy) is 1. The summed E-state index contributed by atoms with van der Waals surface area (Å²) in [5, 5.41) is 11.5. The summed E-state index contributed by atoms with van der Waals surface area (Å²) in [6, 6.07) is 9.69. The molecule has 0 aliphatic heterocycles. The molecule has 2 rings (SSSR count). The number of aromatic hydroxyl groups is 1. The highest BCUT2D eigenvalue weighted by atomic mass is 79.9. The second-order valence-corrected chi connectivity index (χ2v) is 5.21. The molecule has 0 aromatic heterocycles. The van der Waals surface area contributed by atoms with E-state index in [0.717, 1.165) is 0 Å². The van der Waals surface area contributed by atoms with Gasteiger partial charge >= 0.3 is 5.97 Å². The summed E-state index contributed by atoms with van der Waals surface area (Å²) in [5.74, 6) is -2.13. The van der Waals surface area contributed by atoms with E-state index in [1.807, 2.05) is 0 Å². The molecule has 7 heteroatoms. The van der Waals surface area contributed by atoms with Crippen LogP contribution in [0.25, 0.3) is 0 Å². The lowest BCUT2D eigenvalue weighted by Gasteiger charge is -2.08. The maximum absolute atomic E-state index is 13.5. The van der Waals surface area contributed by atoms with Crippen molar-refractivity contribution in [3.05, 3.63) is 58.3 Å². The predicted molar refractivity (Wildman–Crippen MR) is 81.1 cm³/mol. The van der Waals surface area contributed by atoms with Gasteiger partial charge in [0, 0.05) is 4.47 Å². The number of esters is 1. The highest BCUT2D eigenvalue weighted by Gasteiger charge is 2.12. The van der Waals surface area contributed by atoms with Crippen molar-refractivity contribution in [3.8, 4) is 5.75 Å². The average Bonchev–Trinajstić information content (AvgIpc) is 2.47. The Labute approximate surface area is 133 Å². The number of halogens is 2. The second-order valence-electron chi connectivity index (χ2n) is 4.30. The van der Waals surface area contributed by atoms with Crippen LogP contribution in [0, 0.1) is 5.82 Å². The third kappa shape index (κ3) is 4.29. The number of anilines is 1. The minimum atomic E-state index is -0.762. The van der Waals surface area contributed by atoms with Crippen molar-refractivity contribution in [1.29, 1.82) is 0 Å². The summed E-state index contributed by atoms with van der Waals surface area (Å²) in [5.41, 5.74) is 0.101. The van der Waals surface area contributed by atoms with E-state index in [9.17, 15) is 19.1 Å². The highest BCUT2D eigenvalue weighted by molar-refractivity contribution is 9.10. The van der Waals surface area contributed by atoms with E-state index in [1.165, 1.54) is 36.4 Å². The van der Waals surface area contributed by atoms with Crippen molar-refractivity contribution in [2.45, 2.75) is 0 Å². The Bertz CT molecular complexity index is 720. The van der Waals surface area contributed by atoms with Crippen LogP contribution in [0.4, 0.5) is 10.1 Å². The fourth-order valence-corrected chi connectivity index (χ4v) is 1.96. The van der Waals surface area contributed by atoms with Crippen LogP contribution in [0.3, 0.4) is 0 Å². The topological polar surface area (TPSA) is 75.6 Å². The predicted octanol–water partition coefficient (Wildman–Crippen LogP) is 3.09. The molecule has 0 saturated carbocycles. The standard InChI is InChI=1S/C15H11BrFNO4/c16-10-4-5-13(12(17)7-10)18-14(20)8-22-15(21)9-2-1-3-11(19)6-9/h1-7,19H,8H2,(H,18,20). The monoisotopic (exact) mass is 367 g/mol. The Balaban J connectivity index is 1.91. The minimum Gasteiger partial charge on any atom is -0.508 e. The number of nitrogens with one attached hydrogen (secondary N) is 1. The number of carbonyl (C=O) groups excluding carboxylic acids is 2. The third-order valence-corrected chi connectivity index (χ3v) is 3.11. The molecule has 0 fully saturated rings. The minimum absolute atomic E-state index is 0.0124. The maximum Gasteiger partial charge on any atom is 0.338 e. The number of amides is 1. The molecule has 0 bridgehead atoms. The largest absolute Gasteiger partial charge is 0.508 e. The quantitative estimate of drug-likeness (QED) is 0.814. The molecule has 0 saturated heterocycles. The Morgan fingerprint density at radius 1 is 1.23 bits per heavy atom. The molecule has 0 radical (unpaired) electrons. The van der Waals surface area contributed by atoms with Crippen molar-refractivity contribution in [2.75, 3.05) is 11.9 Å². The van der Waals surface area contributed by atoms with Crippen LogP contribution in [-0.2, 0) is 9.53 Å². The fraction of sp³-hybridized carbons (Fsp3) is 0.0667. The van der Waals surface area contributed by atoms with Gasteiger partial charge in [-0.2, -0.15) is 0 Å². The van der Waals surface area contributed by atoms with Crippen molar-refractivity contribution >= 4 is 33.5 Å². The zero-order chi connectivity index (χ0) is 16.1. The van der Waals surface area contributed by atoms with Gasteiger partial charge in [-0.1, -0.05) is 22.0 Å². The van der Waals surface area contributed by atoms with E-state index < -0.39 is 24.3 Å². The van der Waals surface area contributed by atoms with Crippen LogP contribution in [0.15, 0.2) is 46.9 Å². The molecule has 0 aliphatic rings. The Morgan fingerprint density at radius 2 is 2.00 bits per heavy atom. The normalized spacial score (nSPS) is 10.1. The van der Waals surface area contributed by atoms with Crippen LogP contribution in [0.5, 0.6) is 5.75 Å². The third-order valence-electron chi connectivity index (χ3n) is 2.62. The van der Waals surface area contributed by atoms with Crippen LogP contribution in [0.1, 0.15) is 10.4 Å². The second kappa shape index (κ2) is 7.04. The van der Waals surface area contributed by atoms with Crippen LogP contribution in [0.2, 0.25) is 0 Å². The number of benzene rings is 2. The van der Waals surface area contributed by atoms with Crippen LogP contribution >= 0.6 is 15.9 Å². The molecule has 114 valence electrons. The van der Waals surface area contributed by atoms with E-state index in [4.69, 9.17) is 4.74 Å². The zero-order valence-electron chi connectivity index (χ0n) is 11.2. The summed E-state index contributed by atoms with van der Waals surface area (Å²) in [4.78, 5) is 23.3. The van der Waals surface area contributed by atoms with Gasteiger partial charge in [0.1, 0.15) is 11.6 Å². The van der Waals surface area contributed by atoms with E-state index in [2.05, 4.69) is 21.2 Å².